The van der Waals surface area contributed by atoms with Crippen LogP contribution in [0.3, 0.4) is 0 Å². The highest BCUT2D eigenvalue weighted by Gasteiger charge is 2.64. The summed E-state index contributed by atoms with van der Waals surface area (Å²) in [6, 6.07) is 4.23. The van der Waals surface area contributed by atoms with Crippen LogP contribution in [0.5, 0.6) is 11.5 Å². The fourth-order valence-electron chi connectivity index (χ4n) is 5.24. The van der Waals surface area contributed by atoms with Crippen LogP contribution in [-0.4, -0.2) is 57.2 Å². The summed E-state index contributed by atoms with van der Waals surface area (Å²) >= 11 is 0. The molecule has 2 bridgehead atoms. The summed E-state index contributed by atoms with van der Waals surface area (Å²) in [6.07, 6.45) is 5.18. The maximum Gasteiger partial charge on any atom is 0.291 e. The number of hydrogen-bond acceptors (Lipinski definition) is 6. The Bertz CT molecular complexity index is 762. The van der Waals surface area contributed by atoms with Crippen molar-refractivity contribution in [2.75, 3.05) is 13.6 Å². The first-order valence-corrected chi connectivity index (χ1v) is 8.28. The normalized spacial score (nSPS) is 36.7. The number of ether oxygens (including phenoxy) is 1. The van der Waals surface area contributed by atoms with Crippen LogP contribution < -0.4 is 4.74 Å². The minimum absolute atomic E-state index is 0.160. The first-order chi connectivity index (χ1) is 11.9. The van der Waals surface area contributed by atoms with Gasteiger partial charge in [-0.15, -0.1) is 10.1 Å². The summed E-state index contributed by atoms with van der Waals surface area (Å²) in [4.78, 5) is 10.8. The van der Waals surface area contributed by atoms with E-state index in [0.29, 0.717) is 17.7 Å². The number of piperidine rings is 1. The van der Waals surface area contributed by atoms with Gasteiger partial charge in [-0.2, -0.15) is 0 Å². The van der Waals surface area contributed by atoms with E-state index in [1.165, 1.54) is 11.1 Å². The molecule has 3 N–H and O–H groups in total. The Balaban J connectivity index is 0.000000358. The molecule has 0 unspecified atom stereocenters. The molecule has 0 amide bonds. The van der Waals surface area contributed by atoms with Gasteiger partial charge in [0.25, 0.3) is 5.09 Å². The maximum atomic E-state index is 10.4. The maximum absolute atomic E-state index is 10.4. The van der Waals surface area contributed by atoms with Crippen molar-refractivity contribution < 1.29 is 25.2 Å². The van der Waals surface area contributed by atoms with Gasteiger partial charge in [0.1, 0.15) is 12.2 Å². The summed E-state index contributed by atoms with van der Waals surface area (Å²) in [5.41, 5.74) is 2.29. The zero-order valence-corrected chi connectivity index (χ0v) is 13.7. The number of nitrogens with zero attached hydrogens (tertiary/aromatic N) is 2. The lowest BCUT2D eigenvalue weighted by Crippen LogP contribution is -2.64. The number of rotatable bonds is 0. The molecule has 4 aliphatic rings. The van der Waals surface area contributed by atoms with E-state index in [-0.39, 0.29) is 17.3 Å². The molecule has 134 valence electrons. The molecule has 2 aliphatic carbocycles. The molecule has 25 heavy (non-hydrogen) atoms. The van der Waals surface area contributed by atoms with E-state index >= 15 is 0 Å². The van der Waals surface area contributed by atoms with Gasteiger partial charge in [-0.25, -0.2) is 0 Å². The van der Waals surface area contributed by atoms with Gasteiger partial charge in [0.2, 0.25) is 0 Å². The molecule has 2 aliphatic heterocycles. The standard InChI is InChI=1S/C17H19NO3.HNO3/c1-18-7-6-17-10-3-5-13(20)16(17)21-15-12(19)4-2-9(14(15)17)8-11(10)18;2-1(3)4/h2-5,10-11,13,16,19-20H,6-8H2,1H3;(H,2,3,4)/t10-,11+,13-,16-,17-;/m0./s1. The van der Waals surface area contributed by atoms with Gasteiger partial charge in [0.15, 0.2) is 11.5 Å². The predicted molar refractivity (Wildman–Crippen MR) is 86.4 cm³/mol. The van der Waals surface area contributed by atoms with Gasteiger partial charge in [0, 0.05) is 22.9 Å². The van der Waals surface area contributed by atoms with Crippen molar-refractivity contribution in [2.45, 2.75) is 36.5 Å². The third-order valence-corrected chi connectivity index (χ3v) is 6.15. The molecule has 1 aromatic rings. The van der Waals surface area contributed by atoms with E-state index in [1.807, 2.05) is 12.1 Å². The van der Waals surface area contributed by atoms with E-state index in [0.717, 1.165) is 19.4 Å². The molecule has 8 nitrogen and oxygen atoms in total. The lowest BCUT2D eigenvalue weighted by atomic mass is 9.53. The van der Waals surface area contributed by atoms with E-state index < -0.39 is 11.2 Å². The minimum atomic E-state index is -1.50. The molecule has 2 heterocycles. The number of aromatic hydroxyl groups is 1. The largest absolute Gasteiger partial charge is 0.504 e. The molecule has 0 saturated carbocycles. The Kier molecular flexibility index (Phi) is 3.45. The summed E-state index contributed by atoms with van der Waals surface area (Å²) in [5.74, 6) is 1.19. The zero-order chi connectivity index (χ0) is 17.9. The third-order valence-electron chi connectivity index (χ3n) is 6.15. The lowest BCUT2D eigenvalue weighted by molar-refractivity contribution is -0.742. The summed E-state index contributed by atoms with van der Waals surface area (Å²) < 4.78 is 6.09. The molecule has 1 aromatic carbocycles. The molecule has 0 aromatic heterocycles. The lowest BCUT2D eigenvalue weighted by Gasteiger charge is -2.56. The van der Waals surface area contributed by atoms with Crippen molar-refractivity contribution in [3.63, 3.8) is 0 Å². The van der Waals surface area contributed by atoms with Crippen molar-refractivity contribution in [3.8, 4) is 11.5 Å². The number of phenols is 1. The molecular formula is C17H20N2O6. The Morgan fingerprint density at radius 2 is 2.12 bits per heavy atom. The molecule has 8 heteroatoms. The Hall–Kier alpha value is -2.32. The summed E-state index contributed by atoms with van der Waals surface area (Å²) in [7, 11) is 2.19. The highest BCUT2D eigenvalue weighted by Crippen LogP contribution is 2.62. The Labute approximate surface area is 144 Å². The number of phenolic OH excluding ortho intramolecular Hbond substituents is 1. The summed E-state index contributed by atoms with van der Waals surface area (Å²) in [5, 5.41) is 34.3. The van der Waals surface area contributed by atoms with Gasteiger partial charge in [-0.05, 0) is 38.1 Å². The molecule has 0 radical (unpaired) electrons. The number of hydrogen-bond donors (Lipinski definition) is 3. The van der Waals surface area contributed by atoms with Gasteiger partial charge in [-0.3, -0.25) is 0 Å². The second kappa shape index (κ2) is 5.34. The van der Waals surface area contributed by atoms with E-state index in [1.54, 1.807) is 6.07 Å². The molecule has 5 rings (SSSR count). The SMILES string of the molecule is CN1CC[C@]23c4c5ccc(O)c4O[C@H]2[C@@H](O)C=C[C@H]3[C@H]1C5.O=[N+]([O-])O. The van der Waals surface area contributed by atoms with Crippen LogP contribution in [0.2, 0.25) is 0 Å². The highest BCUT2D eigenvalue weighted by atomic mass is 16.9. The molecular weight excluding hydrogens is 328 g/mol. The Morgan fingerprint density at radius 1 is 1.40 bits per heavy atom. The predicted octanol–water partition coefficient (Wildman–Crippen LogP) is 0.850. The monoisotopic (exact) mass is 348 g/mol. The molecule has 1 spiro atoms. The first kappa shape index (κ1) is 16.2. The van der Waals surface area contributed by atoms with Gasteiger partial charge in [-0.1, -0.05) is 18.2 Å². The van der Waals surface area contributed by atoms with Crippen molar-refractivity contribution in [1.82, 2.24) is 4.90 Å². The number of benzene rings is 1. The van der Waals surface area contributed by atoms with E-state index in [9.17, 15) is 10.2 Å². The molecule has 1 saturated heterocycles. The number of aliphatic hydroxyl groups is 1. The molecule has 5 atom stereocenters. The van der Waals surface area contributed by atoms with E-state index in [4.69, 9.17) is 20.1 Å². The second-order valence-corrected chi connectivity index (χ2v) is 7.17. The minimum Gasteiger partial charge on any atom is -0.504 e. The number of likely N-dealkylation sites (tertiary alicyclic amines) is 1. The van der Waals surface area contributed by atoms with E-state index in [2.05, 4.69) is 18.0 Å². The van der Waals surface area contributed by atoms with Crippen LogP contribution in [0.4, 0.5) is 0 Å². The van der Waals surface area contributed by atoms with Gasteiger partial charge >= 0.3 is 0 Å². The van der Waals surface area contributed by atoms with Gasteiger partial charge in [0.05, 0.1) is 0 Å². The van der Waals surface area contributed by atoms with Crippen molar-refractivity contribution >= 4 is 0 Å². The quantitative estimate of drug-likeness (QED) is 0.361. The zero-order valence-electron chi connectivity index (χ0n) is 13.7. The van der Waals surface area contributed by atoms with Gasteiger partial charge < -0.3 is 25.1 Å². The topological polar surface area (TPSA) is 116 Å². The van der Waals surface area contributed by atoms with Crippen molar-refractivity contribution in [3.05, 3.63) is 45.5 Å². The van der Waals surface area contributed by atoms with Crippen LogP contribution >= 0.6 is 0 Å². The molecule has 1 fully saturated rings. The summed E-state index contributed by atoms with van der Waals surface area (Å²) in [6.45, 7) is 1.01. The van der Waals surface area contributed by atoms with Crippen molar-refractivity contribution in [2.24, 2.45) is 5.92 Å². The fourth-order valence-corrected chi connectivity index (χ4v) is 5.24. The average Bonchev–Trinajstić information content (AvgIpc) is 2.90. The third kappa shape index (κ3) is 2.07. The van der Waals surface area contributed by atoms with Crippen molar-refractivity contribution in [1.29, 1.82) is 0 Å². The first-order valence-electron chi connectivity index (χ1n) is 8.28. The average molecular weight is 348 g/mol. The van der Waals surface area contributed by atoms with Crippen LogP contribution in [0.25, 0.3) is 0 Å². The van der Waals surface area contributed by atoms with Crippen LogP contribution in [0, 0.1) is 16.0 Å². The smallest absolute Gasteiger partial charge is 0.291 e. The van der Waals surface area contributed by atoms with Crippen LogP contribution in [0.1, 0.15) is 17.5 Å². The Morgan fingerprint density at radius 3 is 2.84 bits per heavy atom. The number of likely N-dealkylation sites (N-methyl/N-ethyl adjacent to an activating group) is 1. The fraction of sp³-hybridized carbons (Fsp3) is 0.529. The second-order valence-electron chi connectivity index (χ2n) is 7.17. The highest BCUT2D eigenvalue weighted by molar-refractivity contribution is 5.61. The van der Waals surface area contributed by atoms with Crippen LogP contribution in [0.15, 0.2) is 24.3 Å². The number of aliphatic hydroxyl groups excluding tert-OH is 1. The van der Waals surface area contributed by atoms with Crippen LogP contribution in [-0.2, 0) is 11.8 Å².